The Morgan fingerprint density at radius 1 is 1.33 bits per heavy atom. The molecular formula is C21H20FN3O2. The molecule has 2 N–H and O–H groups in total. The van der Waals surface area contributed by atoms with E-state index in [1.54, 1.807) is 29.2 Å². The van der Waals surface area contributed by atoms with Crippen molar-refractivity contribution in [3.8, 4) is 0 Å². The van der Waals surface area contributed by atoms with Crippen molar-refractivity contribution in [1.82, 2.24) is 15.3 Å². The van der Waals surface area contributed by atoms with Crippen molar-refractivity contribution >= 4 is 22.4 Å². The number of hydrogen-bond donors (Lipinski definition) is 2. The van der Waals surface area contributed by atoms with E-state index in [0.29, 0.717) is 24.0 Å². The molecule has 1 amide bonds. The van der Waals surface area contributed by atoms with Gasteiger partial charge in [0.15, 0.2) is 0 Å². The van der Waals surface area contributed by atoms with E-state index in [1.165, 1.54) is 6.07 Å². The third-order valence-electron chi connectivity index (χ3n) is 5.58. The van der Waals surface area contributed by atoms with E-state index >= 15 is 0 Å². The van der Waals surface area contributed by atoms with Crippen LogP contribution in [0, 0.1) is 12.7 Å². The lowest BCUT2D eigenvalue weighted by atomic mass is 9.77. The van der Waals surface area contributed by atoms with Crippen LogP contribution in [0.1, 0.15) is 29.5 Å². The van der Waals surface area contributed by atoms with Crippen molar-refractivity contribution in [2.24, 2.45) is 7.05 Å². The highest BCUT2D eigenvalue weighted by Crippen LogP contribution is 2.44. The molecule has 1 aliphatic carbocycles. The quantitative estimate of drug-likeness (QED) is 0.550. The molecule has 138 valence electrons. The maximum absolute atomic E-state index is 14.1. The second-order valence-electron chi connectivity index (χ2n) is 7.04. The molecule has 1 aliphatic rings. The number of amides is 1. The number of aryl methyl sites for hydroxylation is 1. The van der Waals surface area contributed by atoms with Gasteiger partial charge in [0.05, 0.1) is 17.1 Å². The van der Waals surface area contributed by atoms with Gasteiger partial charge in [0, 0.05) is 12.4 Å². The van der Waals surface area contributed by atoms with Crippen molar-refractivity contribution in [2.75, 3.05) is 0 Å². The topological polar surface area (TPSA) is 67.2 Å². The number of hydrogen-bond acceptors (Lipinski definition) is 3. The van der Waals surface area contributed by atoms with E-state index < -0.39 is 11.3 Å². The molecule has 0 saturated carbocycles. The van der Waals surface area contributed by atoms with E-state index in [1.807, 2.05) is 37.5 Å². The summed E-state index contributed by atoms with van der Waals surface area (Å²) in [5, 5.41) is 14.7. The molecule has 0 radical (unpaired) electrons. The normalized spacial score (nSPS) is 19.3. The van der Waals surface area contributed by atoms with Crippen LogP contribution < -0.4 is 5.48 Å². The minimum Gasteiger partial charge on any atom is -0.289 e. The van der Waals surface area contributed by atoms with Crippen LogP contribution in [0.2, 0.25) is 0 Å². The van der Waals surface area contributed by atoms with Gasteiger partial charge in [-0.05, 0) is 54.2 Å². The highest BCUT2D eigenvalue weighted by Gasteiger charge is 2.43. The molecule has 1 heterocycles. The van der Waals surface area contributed by atoms with Gasteiger partial charge in [0.2, 0.25) is 0 Å². The minimum atomic E-state index is -1.10. The lowest BCUT2D eigenvalue weighted by Crippen LogP contribution is -2.41. The zero-order valence-corrected chi connectivity index (χ0v) is 15.2. The molecule has 2 aromatic carbocycles. The summed E-state index contributed by atoms with van der Waals surface area (Å²) in [6, 6.07) is 10.8. The zero-order chi connectivity index (χ0) is 19.2. The zero-order valence-electron chi connectivity index (χ0n) is 15.2. The molecule has 1 atom stereocenters. The highest BCUT2D eigenvalue weighted by atomic mass is 19.1. The molecule has 1 unspecified atom stereocenters. The Morgan fingerprint density at radius 2 is 2.15 bits per heavy atom. The summed E-state index contributed by atoms with van der Waals surface area (Å²) in [4.78, 5) is 12.7. The predicted octanol–water partition coefficient (Wildman–Crippen LogP) is 3.64. The number of carbonyl (C=O) groups is 1. The summed E-state index contributed by atoms with van der Waals surface area (Å²) >= 11 is 0. The molecule has 4 rings (SSSR count). The van der Waals surface area contributed by atoms with E-state index in [0.717, 1.165) is 22.0 Å². The Labute approximate surface area is 156 Å². The van der Waals surface area contributed by atoms with Crippen molar-refractivity contribution in [2.45, 2.75) is 25.2 Å². The summed E-state index contributed by atoms with van der Waals surface area (Å²) in [5.74, 6) is -0.913. The van der Waals surface area contributed by atoms with Gasteiger partial charge in [-0.25, -0.2) is 9.87 Å². The van der Waals surface area contributed by atoms with Crippen molar-refractivity contribution in [1.29, 1.82) is 0 Å². The smallest absolute Gasteiger partial charge is 0.257 e. The first-order valence-electron chi connectivity index (χ1n) is 8.80. The lowest BCUT2D eigenvalue weighted by molar-refractivity contribution is -0.133. The van der Waals surface area contributed by atoms with Gasteiger partial charge in [0.1, 0.15) is 5.82 Å². The molecular weight excluding hydrogens is 345 g/mol. The summed E-state index contributed by atoms with van der Waals surface area (Å²) < 4.78 is 16.0. The first-order valence-corrected chi connectivity index (χ1v) is 8.80. The Kier molecular flexibility index (Phi) is 4.08. The second kappa shape index (κ2) is 6.32. The Hall–Kier alpha value is -2.99. The first kappa shape index (κ1) is 17.4. The highest BCUT2D eigenvalue weighted by molar-refractivity contribution is 5.95. The number of fused-ring (bicyclic) bond motifs is 1. The average molecular weight is 365 g/mol. The van der Waals surface area contributed by atoms with Crippen LogP contribution in [-0.4, -0.2) is 20.9 Å². The fourth-order valence-electron chi connectivity index (χ4n) is 4.05. The van der Waals surface area contributed by atoms with Gasteiger partial charge >= 0.3 is 0 Å². The average Bonchev–Trinajstić information content (AvgIpc) is 3.28. The van der Waals surface area contributed by atoms with Crippen LogP contribution in [0.3, 0.4) is 0 Å². The molecule has 6 heteroatoms. The van der Waals surface area contributed by atoms with E-state index in [-0.39, 0.29) is 5.82 Å². The number of nitrogens with one attached hydrogen (secondary N) is 1. The van der Waals surface area contributed by atoms with Gasteiger partial charge in [-0.15, -0.1) is 0 Å². The van der Waals surface area contributed by atoms with Crippen LogP contribution in [0.25, 0.3) is 16.5 Å². The summed E-state index contributed by atoms with van der Waals surface area (Å²) in [7, 11) is 1.88. The SMILES string of the molecule is Cc1c(F)cccc1C1(C(=O)NO)C=C(c2ccc3cnn(C)c3c2)CC1. The summed E-state index contributed by atoms with van der Waals surface area (Å²) in [6.07, 6.45) is 4.77. The number of halogens is 1. The third kappa shape index (κ3) is 2.64. The molecule has 5 nitrogen and oxygen atoms in total. The number of hydroxylamine groups is 1. The molecule has 0 bridgehead atoms. The maximum Gasteiger partial charge on any atom is 0.257 e. The maximum atomic E-state index is 14.1. The predicted molar refractivity (Wildman–Crippen MR) is 101 cm³/mol. The van der Waals surface area contributed by atoms with Gasteiger partial charge in [-0.3, -0.25) is 14.7 Å². The number of benzene rings is 2. The monoisotopic (exact) mass is 365 g/mol. The summed E-state index contributed by atoms with van der Waals surface area (Å²) in [5.41, 5.74) is 4.66. The number of aromatic nitrogens is 2. The van der Waals surface area contributed by atoms with Gasteiger partial charge < -0.3 is 0 Å². The second-order valence-corrected chi connectivity index (χ2v) is 7.04. The van der Waals surface area contributed by atoms with Crippen molar-refractivity contribution < 1.29 is 14.4 Å². The van der Waals surface area contributed by atoms with Crippen molar-refractivity contribution in [3.05, 3.63) is 71.2 Å². The molecule has 0 fully saturated rings. The molecule has 0 aliphatic heterocycles. The fourth-order valence-corrected chi connectivity index (χ4v) is 4.05. The number of carbonyl (C=O) groups excluding carboxylic acids is 1. The molecule has 27 heavy (non-hydrogen) atoms. The first-order chi connectivity index (χ1) is 13.0. The van der Waals surface area contributed by atoms with Crippen LogP contribution >= 0.6 is 0 Å². The largest absolute Gasteiger partial charge is 0.289 e. The number of rotatable bonds is 3. The number of nitrogens with zero attached hydrogens (tertiary/aromatic N) is 2. The van der Waals surface area contributed by atoms with E-state index in [2.05, 4.69) is 5.10 Å². The van der Waals surface area contributed by atoms with Gasteiger partial charge in [-0.2, -0.15) is 5.10 Å². The van der Waals surface area contributed by atoms with Crippen LogP contribution in [-0.2, 0) is 17.3 Å². The Balaban J connectivity index is 1.86. The van der Waals surface area contributed by atoms with Gasteiger partial charge in [-0.1, -0.05) is 30.3 Å². The van der Waals surface area contributed by atoms with E-state index in [9.17, 15) is 14.4 Å². The minimum absolute atomic E-state index is 0.365. The van der Waals surface area contributed by atoms with Crippen LogP contribution in [0.4, 0.5) is 4.39 Å². The molecule has 0 spiro atoms. The Bertz CT molecular complexity index is 1090. The van der Waals surface area contributed by atoms with Crippen LogP contribution in [0.5, 0.6) is 0 Å². The van der Waals surface area contributed by atoms with E-state index in [4.69, 9.17) is 0 Å². The number of allylic oxidation sites excluding steroid dienone is 1. The fraction of sp³-hybridized carbons (Fsp3) is 0.238. The van der Waals surface area contributed by atoms with Crippen molar-refractivity contribution in [3.63, 3.8) is 0 Å². The Morgan fingerprint density at radius 3 is 2.93 bits per heavy atom. The lowest BCUT2D eigenvalue weighted by Gasteiger charge is -2.27. The third-order valence-corrected chi connectivity index (χ3v) is 5.58. The molecule has 3 aromatic rings. The standard InChI is InChI=1S/C21H20FN3O2/c1-13-17(4-3-5-18(13)22)21(20(26)24-27)9-8-15(11-21)14-6-7-16-12-23-25(2)19(16)10-14/h3-7,10-12,27H,8-9H2,1-2H3,(H,24,26). The van der Waals surface area contributed by atoms with Gasteiger partial charge in [0.25, 0.3) is 5.91 Å². The summed E-state index contributed by atoms with van der Waals surface area (Å²) in [6.45, 7) is 1.66. The molecule has 0 saturated heterocycles. The van der Waals surface area contributed by atoms with Crippen LogP contribution in [0.15, 0.2) is 48.7 Å². The molecule has 1 aromatic heterocycles.